The summed E-state index contributed by atoms with van der Waals surface area (Å²) in [6.07, 6.45) is 8.04. The highest BCUT2D eigenvalue weighted by molar-refractivity contribution is 5.94. The summed E-state index contributed by atoms with van der Waals surface area (Å²) in [5.74, 6) is 0.326. The molecule has 5 nitrogen and oxygen atoms in total. The van der Waals surface area contributed by atoms with E-state index in [4.69, 9.17) is 4.52 Å². The molecule has 0 unspecified atom stereocenters. The van der Waals surface area contributed by atoms with Crippen LogP contribution in [0.3, 0.4) is 0 Å². The van der Waals surface area contributed by atoms with Crippen LogP contribution in [0.25, 0.3) is 22.8 Å². The number of hydrogen-bond acceptors (Lipinski definition) is 4. The van der Waals surface area contributed by atoms with Crippen LogP contribution >= 0.6 is 0 Å². The van der Waals surface area contributed by atoms with Gasteiger partial charge in [-0.2, -0.15) is 4.98 Å². The minimum atomic E-state index is -0.318. The van der Waals surface area contributed by atoms with Gasteiger partial charge in [-0.1, -0.05) is 16.8 Å². The smallest absolute Gasteiger partial charge is 0.258 e. The first-order chi connectivity index (χ1) is 14.2. The predicted octanol–water partition coefficient (Wildman–Crippen LogP) is 5.16. The van der Waals surface area contributed by atoms with Gasteiger partial charge in [-0.05, 0) is 80.6 Å². The van der Waals surface area contributed by atoms with Crippen molar-refractivity contribution in [1.29, 1.82) is 0 Å². The minimum Gasteiger partial charge on any atom is -0.352 e. The zero-order chi connectivity index (χ0) is 20.1. The number of carbonyl (C=O) groups excluding carboxylic acids is 1. The fourth-order valence-corrected chi connectivity index (χ4v) is 3.39. The fourth-order valence-electron chi connectivity index (χ4n) is 3.39. The number of allylic oxidation sites excluding steroid dienone is 1. The fraction of sp³-hybridized carbons (Fsp3) is 0.261. The van der Waals surface area contributed by atoms with E-state index < -0.39 is 0 Å². The highest BCUT2D eigenvalue weighted by Gasteiger charge is 2.12. The Kier molecular flexibility index (Phi) is 5.79. The van der Waals surface area contributed by atoms with Crippen LogP contribution in [0, 0.1) is 5.82 Å². The Hall–Kier alpha value is -3.28. The molecule has 3 aromatic rings. The summed E-state index contributed by atoms with van der Waals surface area (Å²) in [7, 11) is 0. The summed E-state index contributed by atoms with van der Waals surface area (Å²) >= 11 is 0. The molecular formula is C23H22FN3O2. The lowest BCUT2D eigenvalue weighted by Gasteiger charge is -2.13. The molecule has 1 aliphatic carbocycles. The topological polar surface area (TPSA) is 68.0 Å². The molecule has 148 valence electrons. The molecule has 29 heavy (non-hydrogen) atoms. The molecule has 0 spiro atoms. The molecule has 0 atom stereocenters. The first-order valence-corrected chi connectivity index (χ1v) is 9.85. The summed E-state index contributed by atoms with van der Waals surface area (Å²) < 4.78 is 18.4. The maximum atomic E-state index is 13.0. The van der Waals surface area contributed by atoms with Crippen LogP contribution in [-0.4, -0.2) is 22.6 Å². The molecule has 0 saturated carbocycles. The van der Waals surface area contributed by atoms with Crippen LogP contribution < -0.4 is 5.32 Å². The van der Waals surface area contributed by atoms with Crippen LogP contribution in [0.15, 0.2) is 64.7 Å². The molecule has 0 aliphatic heterocycles. The molecular weight excluding hydrogens is 369 g/mol. The monoisotopic (exact) mass is 391 g/mol. The second-order valence-corrected chi connectivity index (χ2v) is 7.12. The molecule has 6 heteroatoms. The number of hydrogen-bond donors (Lipinski definition) is 1. The average Bonchev–Trinajstić information content (AvgIpc) is 3.25. The molecule has 4 rings (SSSR count). The van der Waals surface area contributed by atoms with Crippen molar-refractivity contribution >= 4 is 5.91 Å². The number of halogens is 1. The van der Waals surface area contributed by atoms with Gasteiger partial charge in [0, 0.05) is 23.2 Å². The van der Waals surface area contributed by atoms with Crippen molar-refractivity contribution in [3.63, 3.8) is 0 Å². The number of benzene rings is 2. The molecule has 0 fully saturated rings. The lowest BCUT2D eigenvalue weighted by molar-refractivity contribution is 0.0954. The van der Waals surface area contributed by atoms with E-state index in [2.05, 4.69) is 21.5 Å². The van der Waals surface area contributed by atoms with Crippen molar-refractivity contribution in [2.24, 2.45) is 0 Å². The second kappa shape index (κ2) is 8.82. The lowest BCUT2D eigenvalue weighted by Crippen LogP contribution is -2.24. The maximum Gasteiger partial charge on any atom is 0.258 e. The molecule has 1 aromatic heterocycles. The third-order valence-corrected chi connectivity index (χ3v) is 5.04. The van der Waals surface area contributed by atoms with Crippen molar-refractivity contribution in [2.75, 3.05) is 6.54 Å². The molecule has 1 N–H and O–H groups in total. The van der Waals surface area contributed by atoms with E-state index in [-0.39, 0.29) is 11.7 Å². The van der Waals surface area contributed by atoms with Gasteiger partial charge in [0.15, 0.2) is 0 Å². The van der Waals surface area contributed by atoms with Gasteiger partial charge in [-0.15, -0.1) is 0 Å². The van der Waals surface area contributed by atoms with Crippen LogP contribution in [0.4, 0.5) is 4.39 Å². The Balaban J connectivity index is 1.37. The van der Waals surface area contributed by atoms with Gasteiger partial charge < -0.3 is 9.84 Å². The van der Waals surface area contributed by atoms with E-state index >= 15 is 0 Å². The summed E-state index contributed by atoms with van der Waals surface area (Å²) in [4.78, 5) is 16.7. The van der Waals surface area contributed by atoms with E-state index in [0.717, 1.165) is 24.8 Å². The number of rotatable bonds is 6. The van der Waals surface area contributed by atoms with Crippen LogP contribution in [0.5, 0.6) is 0 Å². The molecule has 1 aliphatic rings. The highest BCUT2D eigenvalue weighted by Crippen LogP contribution is 2.23. The third kappa shape index (κ3) is 4.77. The van der Waals surface area contributed by atoms with Gasteiger partial charge in [0.2, 0.25) is 5.82 Å². The molecule has 0 bridgehead atoms. The van der Waals surface area contributed by atoms with E-state index in [1.54, 1.807) is 36.4 Å². The standard InChI is InChI=1S/C23H22FN3O2/c24-20-12-10-17(11-13-20)21-26-23(29-27-21)19-8-6-18(7-9-19)22(28)25-15-14-16-4-2-1-3-5-16/h4,6-13H,1-3,5,14-15H2,(H,25,28). The van der Waals surface area contributed by atoms with Crippen LogP contribution in [-0.2, 0) is 0 Å². The first-order valence-electron chi connectivity index (χ1n) is 9.85. The van der Waals surface area contributed by atoms with Gasteiger partial charge in [0.1, 0.15) is 5.82 Å². The molecule has 0 radical (unpaired) electrons. The van der Waals surface area contributed by atoms with Crippen molar-refractivity contribution in [1.82, 2.24) is 15.5 Å². The highest BCUT2D eigenvalue weighted by atomic mass is 19.1. The number of nitrogens with zero attached hydrogens (tertiary/aromatic N) is 2. The maximum absolute atomic E-state index is 13.0. The summed E-state index contributed by atoms with van der Waals surface area (Å²) in [6, 6.07) is 12.9. The van der Waals surface area contributed by atoms with Crippen LogP contribution in [0.1, 0.15) is 42.5 Å². The Morgan fingerprint density at radius 2 is 1.79 bits per heavy atom. The Bertz CT molecular complexity index is 1010. The van der Waals surface area contributed by atoms with Crippen LogP contribution in [0.2, 0.25) is 0 Å². The first kappa shape index (κ1) is 19.1. The average molecular weight is 391 g/mol. The van der Waals surface area contributed by atoms with E-state index in [1.165, 1.54) is 30.5 Å². The third-order valence-electron chi connectivity index (χ3n) is 5.04. The Morgan fingerprint density at radius 1 is 1.03 bits per heavy atom. The van der Waals surface area contributed by atoms with Gasteiger partial charge in [0.05, 0.1) is 0 Å². The Labute approximate surface area is 168 Å². The predicted molar refractivity (Wildman–Crippen MR) is 109 cm³/mol. The molecule has 1 amide bonds. The molecule has 2 aromatic carbocycles. The quantitative estimate of drug-likeness (QED) is 0.589. The number of carbonyl (C=O) groups is 1. The SMILES string of the molecule is O=C(NCCC1=CCCCC1)c1ccc(-c2nc(-c3ccc(F)cc3)no2)cc1. The van der Waals surface area contributed by atoms with E-state index in [9.17, 15) is 9.18 Å². The zero-order valence-corrected chi connectivity index (χ0v) is 16.0. The summed E-state index contributed by atoms with van der Waals surface area (Å²) in [5.41, 5.74) is 3.42. The van der Waals surface area contributed by atoms with Crippen molar-refractivity contribution in [2.45, 2.75) is 32.1 Å². The zero-order valence-electron chi connectivity index (χ0n) is 16.0. The van der Waals surface area contributed by atoms with Gasteiger partial charge in [-0.25, -0.2) is 4.39 Å². The lowest BCUT2D eigenvalue weighted by atomic mass is 9.97. The number of amides is 1. The van der Waals surface area contributed by atoms with E-state index in [0.29, 0.717) is 29.4 Å². The van der Waals surface area contributed by atoms with Gasteiger partial charge in [-0.3, -0.25) is 4.79 Å². The minimum absolute atomic E-state index is 0.0921. The van der Waals surface area contributed by atoms with Gasteiger partial charge >= 0.3 is 0 Å². The van der Waals surface area contributed by atoms with E-state index in [1.807, 2.05) is 0 Å². The summed E-state index contributed by atoms with van der Waals surface area (Å²) in [5, 5.41) is 6.92. The number of aromatic nitrogens is 2. The summed E-state index contributed by atoms with van der Waals surface area (Å²) in [6.45, 7) is 0.650. The normalized spacial score (nSPS) is 13.8. The second-order valence-electron chi connectivity index (χ2n) is 7.12. The van der Waals surface area contributed by atoms with Gasteiger partial charge in [0.25, 0.3) is 11.8 Å². The largest absolute Gasteiger partial charge is 0.352 e. The van der Waals surface area contributed by atoms with Crippen molar-refractivity contribution < 1.29 is 13.7 Å². The van der Waals surface area contributed by atoms with Crippen molar-refractivity contribution in [3.05, 3.63) is 71.6 Å². The van der Waals surface area contributed by atoms with Crippen molar-refractivity contribution in [3.8, 4) is 22.8 Å². The number of nitrogens with one attached hydrogen (secondary N) is 1. The Morgan fingerprint density at radius 3 is 2.52 bits per heavy atom. The molecule has 0 saturated heterocycles. The molecule has 1 heterocycles.